The molecular formula is C44H25N3. The second-order valence-electron chi connectivity index (χ2n) is 11.9. The first-order valence-electron chi connectivity index (χ1n) is 15.6. The second-order valence-corrected chi connectivity index (χ2v) is 11.9. The van der Waals surface area contributed by atoms with E-state index in [2.05, 4.69) is 125 Å². The number of benzene rings is 8. The zero-order chi connectivity index (χ0) is 31.5. The molecule has 47 heavy (non-hydrogen) atoms. The molecule has 0 aliphatic carbocycles. The molecule has 3 heteroatoms. The highest BCUT2D eigenvalue weighted by molar-refractivity contribution is 6.24. The van der Waals surface area contributed by atoms with Crippen LogP contribution in [0.4, 0.5) is 5.69 Å². The van der Waals surface area contributed by atoms with Crippen LogP contribution >= 0.6 is 0 Å². The van der Waals surface area contributed by atoms with E-state index in [0.29, 0.717) is 11.3 Å². The number of fused-ring (bicyclic) bond motifs is 6. The van der Waals surface area contributed by atoms with E-state index in [1.165, 1.54) is 49.0 Å². The Labute approximate surface area is 271 Å². The third-order valence-corrected chi connectivity index (χ3v) is 9.41. The third kappa shape index (κ3) is 4.05. The van der Waals surface area contributed by atoms with E-state index in [9.17, 15) is 5.26 Å². The largest absolute Gasteiger partial charge is 0.309 e. The van der Waals surface area contributed by atoms with Crippen LogP contribution in [-0.4, -0.2) is 4.57 Å². The SMILES string of the molecule is [C-]#[N+]c1ccc2c(c1)c1cc(-c3c4ccccc4c(-c4cccc5ccccc45)c4ccccc34)ccc1n2-c1ccc(C#N)cc1. The molecule has 1 heterocycles. The van der Waals surface area contributed by atoms with Crippen LogP contribution in [-0.2, 0) is 0 Å². The van der Waals surface area contributed by atoms with Crippen LogP contribution in [0.15, 0.2) is 152 Å². The van der Waals surface area contributed by atoms with Gasteiger partial charge < -0.3 is 4.57 Å². The molecule has 0 saturated heterocycles. The zero-order valence-corrected chi connectivity index (χ0v) is 25.3. The highest BCUT2D eigenvalue weighted by Gasteiger charge is 2.20. The van der Waals surface area contributed by atoms with E-state index in [0.717, 1.165) is 33.1 Å². The lowest BCUT2D eigenvalue weighted by molar-refractivity contribution is 1.18. The smallest absolute Gasteiger partial charge is 0.188 e. The fourth-order valence-electron chi connectivity index (χ4n) is 7.37. The standard InChI is InChI=1S/C44H25N3/c1-46-31-20-24-42-40(26-31)39-25-30(19-23-41(39)47(42)32-21-17-28(27-45)18-22-32)43-35-12-4-6-14-37(35)44(38-15-7-5-13-36(38)43)34-16-8-10-29-9-2-3-11-33(29)34/h2-26H. The molecule has 9 rings (SSSR count). The maximum atomic E-state index is 9.39. The van der Waals surface area contributed by atoms with Crippen LogP contribution in [0.5, 0.6) is 0 Å². The summed E-state index contributed by atoms with van der Waals surface area (Å²) in [5.74, 6) is 0. The molecule has 1 aromatic heterocycles. The van der Waals surface area contributed by atoms with Gasteiger partial charge in [-0.2, -0.15) is 5.26 Å². The van der Waals surface area contributed by atoms with Crippen molar-refractivity contribution in [3.63, 3.8) is 0 Å². The monoisotopic (exact) mass is 595 g/mol. The summed E-state index contributed by atoms with van der Waals surface area (Å²) >= 11 is 0. The lowest BCUT2D eigenvalue weighted by Gasteiger charge is -2.19. The number of nitrogens with zero attached hydrogens (tertiary/aromatic N) is 3. The van der Waals surface area contributed by atoms with Crippen LogP contribution in [0, 0.1) is 17.9 Å². The first-order chi connectivity index (χ1) is 23.2. The summed E-state index contributed by atoms with van der Waals surface area (Å²) in [6.45, 7) is 7.73. The van der Waals surface area contributed by atoms with Gasteiger partial charge in [0.15, 0.2) is 5.69 Å². The van der Waals surface area contributed by atoms with E-state index in [1.54, 1.807) is 0 Å². The van der Waals surface area contributed by atoms with Gasteiger partial charge in [0.05, 0.1) is 29.2 Å². The number of hydrogen-bond donors (Lipinski definition) is 0. The minimum absolute atomic E-state index is 0.608. The summed E-state index contributed by atoms with van der Waals surface area (Å²) in [5, 5.41) is 18.8. The summed E-state index contributed by atoms with van der Waals surface area (Å²) in [5.41, 5.74) is 9.08. The highest BCUT2D eigenvalue weighted by Crippen LogP contribution is 2.46. The van der Waals surface area contributed by atoms with Crippen molar-refractivity contribution in [1.82, 2.24) is 4.57 Å². The van der Waals surface area contributed by atoms with Crippen molar-refractivity contribution in [2.24, 2.45) is 0 Å². The summed E-state index contributed by atoms with van der Waals surface area (Å²) in [7, 11) is 0. The Morgan fingerprint density at radius 1 is 0.511 bits per heavy atom. The molecule has 0 aliphatic rings. The zero-order valence-electron chi connectivity index (χ0n) is 25.3. The van der Waals surface area contributed by atoms with Crippen LogP contribution in [0.3, 0.4) is 0 Å². The van der Waals surface area contributed by atoms with Gasteiger partial charge in [0.2, 0.25) is 0 Å². The Kier molecular flexibility index (Phi) is 5.94. The Hall–Kier alpha value is -6.68. The molecule has 0 amide bonds. The Morgan fingerprint density at radius 3 is 1.74 bits per heavy atom. The molecule has 9 aromatic rings. The van der Waals surface area contributed by atoms with Gasteiger partial charge >= 0.3 is 0 Å². The molecule has 0 aliphatic heterocycles. The Balaban J connectivity index is 1.37. The Morgan fingerprint density at radius 2 is 1.09 bits per heavy atom. The maximum absolute atomic E-state index is 9.39. The molecule has 0 spiro atoms. The van der Waals surface area contributed by atoms with E-state index in [4.69, 9.17) is 6.57 Å². The summed E-state index contributed by atoms with van der Waals surface area (Å²) in [4.78, 5) is 3.76. The summed E-state index contributed by atoms with van der Waals surface area (Å²) in [6, 6.07) is 55.2. The average Bonchev–Trinajstić information content (AvgIpc) is 3.46. The van der Waals surface area contributed by atoms with E-state index >= 15 is 0 Å². The van der Waals surface area contributed by atoms with Crippen molar-refractivity contribution >= 4 is 59.8 Å². The van der Waals surface area contributed by atoms with E-state index < -0.39 is 0 Å². The predicted molar refractivity (Wildman–Crippen MR) is 195 cm³/mol. The molecule has 0 bridgehead atoms. The van der Waals surface area contributed by atoms with Crippen LogP contribution < -0.4 is 0 Å². The first kappa shape index (κ1) is 26.7. The predicted octanol–water partition coefficient (Wildman–Crippen LogP) is 12.0. The van der Waals surface area contributed by atoms with Gasteiger partial charge in [-0.25, -0.2) is 4.85 Å². The number of hydrogen-bond acceptors (Lipinski definition) is 1. The lowest BCUT2D eigenvalue weighted by Crippen LogP contribution is -1.94. The molecule has 0 N–H and O–H groups in total. The number of aromatic nitrogens is 1. The summed E-state index contributed by atoms with van der Waals surface area (Å²) in [6.07, 6.45) is 0. The second kappa shape index (κ2) is 10.5. The van der Waals surface area contributed by atoms with Crippen LogP contribution in [0.25, 0.3) is 86.9 Å². The lowest BCUT2D eigenvalue weighted by atomic mass is 9.84. The minimum Gasteiger partial charge on any atom is -0.309 e. The minimum atomic E-state index is 0.608. The Bertz CT molecular complexity index is 2740. The van der Waals surface area contributed by atoms with Crippen molar-refractivity contribution in [2.45, 2.75) is 0 Å². The molecule has 8 aromatic carbocycles. The fraction of sp³-hybridized carbons (Fsp3) is 0. The molecular weight excluding hydrogens is 571 g/mol. The van der Waals surface area contributed by atoms with Crippen molar-refractivity contribution in [3.05, 3.63) is 169 Å². The first-order valence-corrected chi connectivity index (χ1v) is 15.6. The summed E-state index contributed by atoms with van der Waals surface area (Å²) < 4.78 is 2.23. The highest BCUT2D eigenvalue weighted by atomic mass is 15.0. The molecule has 0 saturated carbocycles. The molecule has 216 valence electrons. The third-order valence-electron chi connectivity index (χ3n) is 9.41. The molecule has 0 radical (unpaired) electrons. The average molecular weight is 596 g/mol. The molecule has 0 fully saturated rings. The van der Waals surface area contributed by atoms with Gasteiger partial charge in [-0.05, 0) is 108 Å². The van der Waals surface area contributed by atoms with Crippen molar-refractivity contribution in [3.8, 4) is 34.0 Å². The molecule has 0 atom stereocenters. The van der Waals surface area contributed by atoms with Gasteiger partial charge in [0.25, 0.3) is 0 Å². The van der Waals surface area contributed by atoms with Crippen LogP contribution in [0.1, 0.15) is 5.56 Å². The van der Waals surface area contributed by atoms with Gasteiger partial charge in [-0.15, -0.1) is 0 Å². The van der Waals surface area contributed by atoms with Crippen molar-refractivity contribution < 1.29 is 0 Å². The quantitative estimate of drug-likeness (QED) is 0.148. The van der Waals surface area contributed by atoms with E-state index in [-0.39, 0.29) is 0 Å². The molecule has 3 nitrogen and oxygen atoms in total. The normalized spacial score (nSPS) is 11.4. The number of nitriles is 1. The van der Waals surface area contributed by atoms with Crippen molar-refractivity contribution in [2.75, 3.05) is 0 Å². The topological polar surface area (TPSA) is 33.1 Å². The van der Waals surface area contributed by atoms with Crippen molar-refractivity contribution in [1.29, 1.82) is 5.26 Å². The molecule has 0 unspecified atom stereocenters. The van der Waals surface area contributed by atoms with Gasteiger partial charge in [-0.3, -0.25) is 0 Å². The van der Waals surface area contributed by atoms with E-state index in [1.807, 2.05) is 42.5 Å². The maximum Gasteiger partial charge on any atom is 0.188 e. The van der Waals surface area contributed by atoms with Gasteiger partial charge in [0, 0.05) is 11.1 Å². The fourth-order valence-corrected chi connectivity index (χ4v) is 7.37. The van der Waals surface area contributed by atoms with Crippen LogP contribution in [0.2, 0.25) is 0 Å². The van der Waals surface area contributed by atoms with Gasteiger partial charge in [-0.1, -0.05) is 103 Å². The van der Waals surface area contributed by atoms with Gasteiger partial charge in [0.1, 0.15) is 0 Å². The number of rotatable bonds is 3.